The molecule has 0 fully saturated rings. The Bertz CT molecular complexity index is 1160. The molecule has 4 rings (SSSR count). The van der Waals surface area contributed by atoms with Crippen LogP contribution in [0.5, 0.6) is 0 Å². The van der Waals surface area contributed by atoms with E-state index in [4.69, 9.17) is 9.84 Å². The van der Waals surface area contributed by atoms with Gasteiger partial charge in [0.05, 0.1) is 18.7 Å². The van der Waals surface area contributed by atoms with Crippen molar-refractivity contribution in [3.05, 3.63) is 75.7 Å². The molecule has 176 valence electrons. The molecule has 0 saturated heterocycles. The van der Waals surface area contributed by atoms with Crippen molar-refractivity contribution in [2.45, 2.75) is 38.3 Å². The zero-order valence-corrected chi connectivity index (χ0v) is 19.4. The third-order valence-electron chi connectivity index (χ3n) is 5.71. The van der Waals surface area contributed by atoms with Crippen LogP contribution < -0.4 is 10.6 Å². The van der Waals surface area contributed by atoms with Gasteiger partial charge in [0.25, 0.3) is 0 Å². The van der Waals surface area contributed by atoms with Gasteiger partial charge in [0.1, 0.15) is 17.7 Å². The number of carboxylic acid groups (broad SMARTS) is 1. The van der Waals surface area contributed by atoms with Crippen LogP contribution in [0.4, 0.5) is 4.79 Å². The fraction of sp³-hybridized carbons (Fsp3) is 0.280. The summed E-state index contributed by atoms with van der Waals surface area (Å²) >= 11 is 1.28. The second-order valence-corrected chi connectivity index (χ2v) is 8.89. The highest BCUT2D eigenvalue weighted by Crippen LogP contribution is 2.44. The topological polar surface area (TPSA) is 118 Å². The van der Waals surface area contributed by atoms with E-state index < -0.39 is 18.1 Å². The van der Waals surface area contributed by atoms with Crippen LogP contribution in [-0.2, 0) is 27.3 Å². The molecule has 1 aromatic heterocycles. The molecule has 0 unspecified atom stereocenters. The molecule has 3 aromatic rings. The van der Waals surface area contributed by atoms with E-state index in [0.717, 1.165) is 22.3 Å². The summed E-state index contributed by atoms with van der Waals surface area (Å²) in [6.45, 7) is 2.12. The summed E-state index contributed by atoms with van der Waals surface area (Å²) in [4.78, 5) is 40.0. The van der Waals surface area contributed by atoms with Gasteiger partial charge in [-0.1, -0.05) is 55.5 Å². The van der Waals surface area contributed by atoms with Gasteiger partial charge in [0, 0.05) is 11.3 Å². The van der Waals surface area contributed by atoms with Crippen molar-refractivity contribution in [3.8, 4) is 11.1 Å². The maximum atomic E-state index is 12.6. The third-order valence-corrected chi connectivity index (χ3v) is 6.60. The predicted octanol–water partition coefficient (Wildman–Crippen LogP) is 3.70. The molecule has 1 atom stereocenters. The van der Waals surface area contributed by atoms with Gasteiger partial charge in [-0.05, 0) is 28.7 Å². The summed E-state index contributed by atoms with van der Waals surface area (Å²) in [5.41, 5.74) is 4.97. The van der Waals surface area contributed by atoms with Crippen LogP contribution in [0.3, 0.4) is 0 Å². The van der Waals surface area contributed by atoms with E-state index in [1.54, 1.807) is 12.3 Å². The largest absolute Gasteiger partial charge is 0.481 e. The number of nitrogens with one attached hydrogen (secondary N) is 2. The molecule has 0 bridgehead atoms. The first-order valence-electron chi connectivity index (χ1n) is 11.0. The molecule has 9 heteroatoms. The lowest BCUT2D eigenvalue weighted by Crippen LogP contribution is -2.46. The molecule has 1 aliphatic rings. The van der Waals surface area contributed by atoms with Gasteiger partial charge in [-0.2, -0.15) is 0 Å². The van der Waals surface area contributed by atoms with Crippen molar-refractivity contribution < 1.29 is 24.2 Å². The van der Waals surface area contributed by atoms with Crippen molar-refractivity contribution in [1.82, 2.24) is 15.6 Å². The van der Waals surface area contributed by atoms with Crippen LogP contribution >= 0.6 is 11.3 Å². The summed E-state index contributed by atoms with van der Waals surface area (Å²) in [7, 11) is 0. The fourth-order valence-corrected chi connectivity index (χ4v) is 4.82. The fourth-order valence-electron chi connectivity index (χ4n) is 4.09. The number of carboxylic acids is 1. The van der Waals surface area contributed by atoms with Gasteiger partial charge < -0.3 is 20.5 Å². The van der Waals surface area contributed by atoms with Crippen LogP contribution in [-0.4, -0.2) is 40.7 Å². The summed E-state index contributed by atoms with van der Waals surface area (Å²) in [5, 5.41) is 16.5. The van der Waals surface area contributed by atoms with Gasteiger partial charge in [0.15, 0.2) is 0 Å². The summed E-state index contributed by atoms with van der Waals surface area (Å²) in [6, 6.07) is 15.4. The van der Waals surface area contributed by atoms with E-state index >= 15 is 0 Å². The number of thiazole rings is 1. The summed E-state index contributed by atoms with van der Waals surface area (Å²) < 4.78 is 5.53. The number of rotatable bonds is 9. The van der Waals surface area contributed by atoms with Gasteiger partial charge in [-0.3, -0.25) is 9.59 Å². The Balaban J connectivity index is 1.31. The zero-order valence-electron chi connectivity index (χ0n) is 18.6. The summed E-state index contributed by atoms with van der Waals surface area (Å²) in [5.74, 6) is -1.37. The van der Waals surface area contributed by atoms with E-state index in [1.807, 2.05) is 36.4 Å². The molecule has 0 saturated carbocycles. The van der Waals surface area contributed by atoms with E-state index in [0.29, 0.717) is 17.1 Å². The lowest BCUT2D eigenvalue weighted by atomic mass is 9.98. The molecule has 0 aliphatic heterocycles. The Morgan fingerprint density at radius 1 is 1.09 bits per heavy atom. The first-order chi connectivity index (χ1) is 16.5. The van der Waals surface area contributed by atoms with Crippen LogP contribution in [0.1, 0.15) is 41.1 Å². The summed E-state index contributed by atoms with van der Waals surface area (Å²) in [6.07, 6.45) is -0.425. The van der Waals surface area contributed by atoms with E-state index in [2.05, 4.69) is 27.8 Å². The van der Waals surface area contributed by atoms with Gasteiger partial charge in [0.2, 0.25) is 5.91 Å². The number of hydrogen-bond acceptors (Lipinski definition) is 6. The normalized spacial score (nSPS) is 13.0. The first kappa shape index (κ1) is 23.4. The average molecular weight is 480 g/mol. The van der Waals surface area contributed by atoms with Crippen molar-refractivity contribution in [2.75, 3.05) is 6.61 Å². The van der Waals surface area contributed by atoms with Crippen LogP contribution in [0, 0.1) is 0 Å². The Hall–Kier alpha value is -3.72. The average Bonchev–Trinajstić information content (AvgIpc) is 3.41. The second-order valence-electron chi connectivity index (χ2n) is 7.95. The standard InChI is InChI=1S/C25H25N3O5S/c1-2-21(24(31)26-12-22-27-15(14-34-22)11-23(29)30)28-25(32)33-13-20-18-9-5-3-7-16(18)17-8-4-6-10-19(17)20/h3-10,14,20-21H,2,11-13H2,1H3,(H,26,31)(H,28,32)(H,29,30)/t21-/m1/s1. The first-order valence-corrected chi connectivity index (χ1v) is 11.9. The number of hydrogen-bond donors (Lipinski definition) is 3. The lowest BCUT2D eigenvalue weighted by Gasteiger charge is -2.18. The smallest absolute Gasteiger partial charge is 0.407 e. The van der Waals surface area contributed by atoms with E-state index in [1.165, 1.54) is 11.3 Å². The monoisotopic (exact) mass is 479 g/mol. The number of nitrogens with zero attached hydrogens (tertiary/aromatic N) is 1. The maximum Gasteiger partial charge on any atom is 0.407 e. The molecule has 3 N–H and O–H groups in total. The number of amides is 2. The highest BCUT2D eigenvalue weighted by Gasteiger charge is 2.29. The number of fused-ring (bicyclic) bond motifs is 3. The zero-order chi connectivity index (χ0) is 24.1. The quantitative estimate of drug-likeness (QED) is 0.431. The maximum absolute atomic E-state index is 12.6. The van der Waals surface area contributed by atoms with Gasteiger partial charge in [-0.15, -0.1) is 11.3 Å². The van der Waals surface area contributed by atoms with Crippen LogP contribution in [0.25, 0.3) is 11.1 Å². The van der Waals surface area contributed by atoms with Crippen LogP contribution in [0.2, 0.25) is 0 Å². The third kappa shape index (κ3) is 5.26. The Morgan fingerprint density at radius 2 is 1.74 bits per heavy atom. The highest BCUT2D eigenvalue weighted by molar-refractivity contribution is 7.09. The minimum Gasteiger partial charge on any atom is -0.481 e. The van der Waals surface area contributed by atoms with Crippen LogP contribution in [0.15, 0.2) is 53.9 Å². The molecular weight excluding hydrogens is 454 g/mol. The second kappa shape index (κ2) is 10.5. The van der Waals surface area contributed by atoms with Crippen molar-refractivity contribution in [1.29, 1.82) is 0 Å². The van der Waals surface area contributed by atoms with Crippen molar-refractivity contribution >= 4 is 29.3 Å². The molecule has 2 aromatic carbocycles. The molecule has 0 radical (unpaired) electrons. The minimum absolute atomic E-state index is 0.0584. The van der Waals surface area contributed by atoms with Crippen molar-refractivity contribution in [3.63, 3.8) is 0 Å². The lowest BCUT2D eigenvalue weighted by molar-refractivity contribution is -0.136. The number of alkyl carbamates (subject to hydrolysis) is 1. The van der Waals surface area contributed by atoms with E-state index in [9.17, 15) is 14.4 Å². The molecule has 2 amide bonds. The minimum atomic E-state index is -0.959. The molecule has 1 aliphatic carbocycles. The predicted molar refractivity (Wildman–Crippen MR) is 128 cm³/mol. The number of aliphatic carboxylic acids is 1. The number of carbonyl (C=O) groups is 3. The molecule has 1 heterocycles. The molecule has 0 spiro atoms. The Labute approximate surface area is 201 Å². The van der Waals surface area contributed by atoms with Crippen molar-refractivity contribution in [2.24, 2.45) is 0 Å². The molecule has 34 heavy (non-hydrogen) atoms. The van der Waals surface area contributed by atoms with Gasteiger partial charge in [-0.25, -0.2) is 9.78 Å². The molecular formula is C25H25N3O5S. The number of carbonyl (C=O) groups excluding carboxylic acids is 2. The highest BCUT2D eigenvalue weighted by atomic mass is 32.1. The number of benzene rings is 2. The number of ether oxygens (including phenoxy) is 1. The Kier molecular flexibility index (Phi) is 7.22. The number of aromatic nitrogens is 1. The Morgan fingerprint density at radius 3 is 2.35 bits per heavy atom. The molecule has 8 nitrogen and oxygen atoms in total. The van der Waals surface area contributed by atoms with E-state index in [-0.39, 0.29) is 31.4 Å². The SMILES string of the molecule is CC[C@@H](NC(=O)OCC1c2ccccc2-c2ccccc21)C(=O)NCc1nc(CC(=O)O)cs1. The van der Waals surface area contributed by atoms with Gasteiger partial charge >= 0.3 is 12.1 Å².